The van der Waals surface area contributed by atoms with Crippen molar-refractivity contribution in [2.45, 2.75) is 6.92 Å². The zero-order valence-electron chi connectivity index (χ0n) is 16.0. The van der Waals surface area contributed by atoms with Gasteiger partial charge in [-0.1, -0.05) is 6.07 Å². The van der Waals surface area contributed by atoms with Crippen LogP contribution in [0, 0.1) is 6.92 Å². The summed E-state index contributed by atoms with van der Waals surface area (Å²) < 4.78 is 0. The molecule has 6 aromatic rings. The summed E-state index contributed by atoms with van der Waals surface area (Å²) in [5, 5.41) is 11.8. The van der Waals surface area contributed by atoms with Gasteiger partial charge in [-0.2, -0.15) is 5.10 Å². The number of nitrogens with zero attached hydrogens (tertiary/aromatic N) is 4. The Hall–Kier alpha value is -3.84. The van der Waals surface area contributed by atoms with Gasteiger partial charge >= 0.3 is 0 Å². The van der Waals surface area contributed by atoms with Crippen molar-refractivity contribution in [3.63, 3.8) is 0 Å². The summed E-state index contributed by atoms with van der Waals surface area (Å²) in [7, 11) is 0. The van der Waals surface area contributed by atoms with Gasteiger partial charge in [-0.3, -0.25) is 20.1 Å². The molecule has 0 aliphatic heterocycles. The molecule has 0 spiro atoms. The standard InChI is InChI=1S/C23H16N6S/c1-13-7-14(11-24-10-13)18-8-16-20(12-26-18)28-29-22(16)19-9-15-17(27-19)4-5-25-23(15)21-3-2-6-30-21/h2-12,27H,1H3,(H,28,29). The van der Waals surface area contributed by atoms with E-state index >= 15 is 0 Å². The average molecular weight is 408 g/mol. The first kappa shape index (κ1) is 17.1. The Morgan fingerprint density at radius 3 is 2.70 bits per heavy atom. The van der Waals surface area contributed by atoms with E-state index in [-0.39, 0.29) is 0 Å². The summed E-state index contributed by atoms with van der Waals surface area (Å²) in [6.45, 7) is 2.03. The van der Waals surface area contributed by atoms with E-state index in [1.807, 2.05) is 43.8 Å². The van der Waals surface area contributed by atoms with Crippen molar-refractivity contribution in [3.05, 3.63) is 72.1 Å². The number of hydrogen-bond donors (Lipinski definition) is 2. The minimum atomic E-state index is 0.864. The molecule has 0 aliphatic rings. The van der Waals surface area contributed by atoms with E-state index in [4.69, 9.17) is 0 Å². The third-order valence-corrected chi connectivity index (χ3v) is 6.05. The molecule has 0 bridgehead atoms. The molecule has 0 unspecified atom stereocenters. The molecule has 144 valence electrons. The van der Waals surface area contributed by atoms with Crippen LogP contribution in [0.2, 0.25) is 0 Å². The number of pyridine rings is 3. The summed E-state index contributed by atoms with van der Waals surface area (Å²) in [6, 6.07) is 12.4. The number of thiophene rings is 1. The molecule has 0 aliphatic carbocycles. The zero-order chi connectivity index (χ0) is 20.1. The van der Waals surface area contributed by atoms with Crippen LogP contribution in [0.3, 0.4) is 0 Å². The van der Waals surface area contributed by atoms with Crippen molar-refractivity contribution in [2.24, 2.45) is 0 Å². The molecule has 0 fully saturated rings. The number of aromatic amines is 2. The molecule has 2 N–H and O–H groups in total. The zero-order valence-corrected chi connectivity index (χ0v) is 16.9. The second kappa shape index (κ2) is 6.60. The van der Waals surface area contributed by atoms with Crippen molar-refractivity contribution in [2.75, 3.05) is 0 Å². The Bertz CT molecular complexity index is 1510. The lowest BCUT2D eigenvalue weighted by Gasteiger charge is -2.02. The van der Waals surface area contributed by atoms with E-state index in [9.17, 15) is 0 Å². The fraction of sp³-hybridized carbons (Fsp3) is 0.0435. The molecule has 7 heteroatoms. The molecule has 6 heterocycles. The van der Waals surface area contributed by atoms with E-state index in [1.54, 1.807) is 11.3 Å². The van der Waals surface area contributed by atoms with Crippen molar-refractivity contribution in [3.8, 4) is 33.2 Å². The highest BCUT2D eigenvalue weighted by atomic mass is 32.1. The van der Waals surface area contributed by atoms with Gasteiger partial charge in [0.25, 0.3) is 0 Å². The topological polar surface area (TPSA) is 83.1 Å². The van der Waals surface area contributed by atoms with Crippen LogP contribution in [0.5, 0.6) is 0 Å². The quantitative estimate of drug-likeness (QED) is 0.399. The molecule has 0 amide bonds. The number of nitrogens with one attached hydrogen (secondary N) is 2. The Kier molecular flexibility index (Phi) is 3.75. The predicted molar refractivity (Wildman–Crippen MR) is 120 cm³/mol. The fourth-order valence-corrected chi connectivity index (χ4v) is 4.50. The Morgan fingerprint density at radius 1 is 0.900 bits per heavy atom. The van der Waals surface area contributed by atoms with Crippen molar-refractivity contribution in [1.29, 1.82) is 0 Å². The monoisotopic (exact) mass is 408 g/mol. The molecule has 6 aromatic heterocycles. The molecule has 30 heavy (non-hydrogen) atoms. The summed E-state index contributed by atoms with van der Waals surface area (Å²) in [6.07, 6.45) is 7.34. The lowest BCUT2D eigenvalue weighted by Crippen LogP contribution is -1.86. The molecule has 0 radical (unpaired) electrons. The average Bonchev–Trinajstić information content (AvgIpc) is 3.51. The Balaban J connectivity index is 1.52. The molecule has 6 rings (SSSR count). The molecule has 0 saturated heterocycles. The van der Waals surface area contributed by atoms with Crippen molar-refractivity contribution >= 4 is 33.1 Å². The molecule has 0 saturated carbocycles. The Labute approximate surface area is 175 Å². The highest BCUT2D eigenvalue weighted by molar-refractivity contribution is 7.13. The van der Waals surface area contributed by atoms with Gasteiger partial charge in [0.2, 0.25) is 0 Å². The minimum Gasteiger partial charge on any atom is -0.353 e. The van der Waals surface area contributed by atoms with Crippen LogP contribution < -0.4 is 0 Å². The molecular weight excluding hydrogens is 392 g/mol. The van der Waals surface area contributed by atoms with Gasteiger partial charge < -0.3 is 4.98 Å². The highest BCUT2D eigenvalue weighted by Gasteiger charge is 2.15. The van der Waals surface area contributed by atoms with Crippen LogP contribution in [0.4, 0.5) is 0 Å². The van der Waals surface area contributed by atoms with Crippen LogP contribution in [0.1, 0.15) is 5.56 Å². The van der Waals surface area contributed by atoms with E-state index in [1.165, 1.54) is 0 Å². The number of H-pyrrole nitrogens is 2. The first-order valence-corrected chi connectivity index (χ1v) is 10.4. The SMILES string of the molecule is Cc1cncc(-c2cc3c(-c4cc5c(-c6cccs6)nccc5[nH]4)n[nH]c3cn2)c1. The van der Waals surface area contributed by atoms with E-state index in [0.29, 0.717) is 0 Å². The van der Waals surface area contributed by atoms with E-state index in [2.05, 4.69) is 59.8 Å². The van der Waals surface area contributed by atoms with Gasteiger partial charge in [0.15, 0.2) is 0 Å². The van der Waals surface area contributed by atoms with Gasteiger partial charge in [-0.05, 0) is 48.2 Å². The second-order valence-electron chi connectivity index (χ2n) is 7.22. The van der Waals surface area contributed by atoms with E-state index < -0.39 is 0 Å². The second-order valence-corrected chi connectivity index (χ2v) is 8.17. The first-order chi connectivity index (χ1) is 14.8. The van der Waals surface area contributed by atoms with Crippen LogP contribution in [-0.2, 0) is 0 Å². The minimum absolute atomic E-state index is 0.864. The number of fused-ring (bicyclic) bond motifs is 2. The van der Waals surface area contributed by atoms with Gasteiger partial charge in [-0.15, -0.1) is 11.3 Å². The Morgan fingerprint density at radius 2 is 1.83 bits per heavy atom. The summed E-state index contributed by atoms with van der Waals surface area (Å²) in [5.74, 6) is 0. The number of rotatable bonds is 3. The van der Waals surface area contributed by atoms with E-state index in [0.717, 1.165) is 60.6 Å². The van der Waals surface area contributed by atoms with Crippen molar-refractivity contribution < 1.29 is 0 Å². The summed E-state index contributed by atoms with van der Waals surface area (Å²) in [5.41, 5.74) is 7.69. The maximum atomic E-state index is 4.61. The molecule has 0 aromatic carbocycles. The highest BCUT2D eigenvalue weighted by Crippen LogP contribution is 2.35. The maximum Gasteiger partial charge on any atom is 0.116 e. The number of aryl methyl sites for hydroxylation is 1. The lowest BCUT2D eigenvalue weighted by atomic mass is 10.1. The summed E-state index contributed by atoms with van der Waals surface area (Å²) in [4.78, 5) is 18.2. The van der Waals surface area contributed by atoms with Crippen LogP contribution >= 0.6 is 11.3 Å². The van der Waals surface area contributed by atoms with Gasteiger partial charge in [0, 0.05) is 40.4 Å². The number of aromatic nitrogens is 6. The third-order valence-electron chi connectivity index (χ3n) is 5.18. The smallest absolute Gasteiger partial charge is 0.116 e. The molecular formula is C23H16N6S. The predicted octanol–water partition coefficient (Wildman–Crippen LogP) is 5.60. The van der Waals surface area contributed by atoms with Crippen LogP contribution in [0.25, 0.3) is 55.0 Å². The number of hydrogen-bond acceptors (Lipinski definition) is 5. The fourth-order valence-electron chi connectivity index (χ4n) is 3.77. The largest absolute Gasteiger partial charge is 0.353 e. The molecule has 0 atom stereocenters. The van der Waals surface area contributed by atoms with Crippen molar-refractivity contribution in [1.82, 2.24) is 30.1 Å². The van der Waals surface area contributed by atoms with Gasteiger partial charge in [0.1, 0.15) is 5.69 Å². The summed E-state index contributed by atoms with van der Waals surface area (Å²) >= 11 is 1.69. The normalized spacial score (nSPS) is 11.5. The van der Waals surface area contributed by atoms with Crippen LogP contribution in [0.15, 0.2) is 66.6 Å². The van der Waals surface area contributed by atoms with Gasteiger partial charge in [0.05, 0.1) is 33.7 Å². The first-order valence-electron chi connectivity index (χ1n) is 9.54. The lowest BCUT2D eigenvalue weighted by molar-refractivity contribution is 1.11. The van der Waals surface area contributed by atoms with Gasteiger partial charge in [-0.25, -0.2) is 0 Å². The third kappa shape index (κ3) is 2.71. The maximum absolute atomic E-state index is 4.61. The molecule has 6 nitrogen and oxygen atoms in total. The van der Waals surface area contributed by atoms with Crippen LogP contribution in [-0.4, -0.2) is 30.1 Å².